The Morgan fingerprint density at radius 3 is 2.66 bits per heavy atom. The van der Waals surface area contributed by atoms with Crippen molar-refractivity contribution in [1.82, 2.24) is 24.4 Å². The third-order valence-electron chi connectivity index (χ3n) is 4.35. The summed E-state index contributed by atoms with van der Waals surface area (Å²) in [6.45, 7) is 3.94. The van der Waals surface area contributed by atoms with Crippen LogP contribution >= 0.6 is 11.5 Å². The first-order chi connectivity index (χ1) is 14.0. The molecule has 29 heavy (non-hydrogen) atoms. The van der Waals surface area contributed by atoms with Gasteiger partial charge in [-0.15, -0.1) is 5.10 Å². The second-order valence-corrected chi connectivity index (χ2v) is 7.13. The summed E-state index contributed by atoms with van der Waals surface area (Å²) in [5.74, 6) is 0.846. The van der Waals surface area contributed by atoms with Gasteiger partial charge >= 0.3 is 0 Å². The summed E-state index contributed by atoms with van der Waals surface area (Å²) < 4.78 is 11.2. The van der Waals surface area contributed by atoms with Gasteiger partial charge in [-0.3, -0.25) is 10.1 Å². The predicted octanol–water partition coefficient (Wildman–Crippen LogP) is 3.66. The van der Waals surface area contributed by atoms with E-state index in [-0.39, 0.29) is 5.91 Å². The average molecular weight is 406 g/mol. The maximum atomic E-state index is 12.4. The lowest BCUT2D eigenvalue weighted by molar-refractivity contribution is 0.102. The molecule has 8 nitrogen and oxygen atoms in total. The number of benzene rings is 2. The SMILES string of the molecule is COc1ccc(C(=O)Nc2nc(-c3nnn(-c4cccc(C)c4)c3C)ns2)cc1. The first-order valence-electron chi connectivity index (χ1n) is 8.84. The Balaban J connectivity index is 1.54. The van der Waals surface area contributed by atoms with Crippen molar-refractivity contribution in [1.29, 1.82) is 0 Å². The van der Waals surface area contributed by atoms with Crippen LogP contribution in [0, 0.1) is 13.8 Å². The summed E-state index contributed by atoms with van der Waals surface area (Å²) in [7, 11) is 1.58. The number of aryl methyl sites for hydroxylation is 1. The van der Waals surface area contributed by atoms with Crippen LogP contribution < -0.4 is 10.1 Å². The van der Waals surface area contributed by atoms with E-state index in [9.17, 15) is 4.79 Å². The molecule has 0 unspecified atom stereocenters. The van der Waals surface area contributed by atoms with Crippen LogP contribution in [0.25, 0.3) is 17.2 Å². The quantitative estimate of drug-likeness (QED) is 0.543. The summed E-state index contributed by atoms with van der Waals surface area (Å²) in [6.07, 6.45) is 0. The Hall–Kier alpha value is -3.59. The number of anilines is 1. The number of aromatic nitrogens is 5. The third-order valence-corrected chi connectivity index (χ3v) is 4.98. The lowest BCUT2D eigenvalue weighted by atomic mass is 10.2. The molecule has 146 valence electrons. The zero-order valence-electron chi connectivity index (χ0n) is 16.1. The maximum absolute atomic E-state index is 12.4. The van der Waals surface area contributed by atoms with Gasteiger partial charge in [0.2, 0.25) is 5.13 Å². The van der Waals surface area contributed by atoms with E-state index < -0.39 is 0 Å². The molecule has 4 rings (SSSR count). The molecule has 1 N–H and O–H groups in total. The Labute approximate surface area is 171 Å². The fraction of sp³-hybridized carbons (Fsp3) is 0.150. The highest BCUT2D eigenvalue weighted by atomic mass is 32.1. The lowest BCUT2D eigenvalue weighted by Gasteiger charge is -2.04. The van der Waals surface area contributed by atoms with Gasteiger partial charge in [0, 0.05) is 17.1 Å². The minimum absolute atomic E-state index is 0.268. The average Bonchev–Trinajstić information content (AvgIpc) is 3.34. The number of amides is 1. The van der Waals surface area contributed by atoms with E-state index in [4.69, 9.17) is 4.74 Å². The molecule has 2 heterocycles. The summed E-state index contributed by atoms with van der Waals surface area (Å²) in [4.78, 5) is 16.8. The molecule has 0 bridgehead atoms. The highest BCUT2D eigenvalue weighted by Crippen LogP contribution is 2.24. The van der Waals surface area contributed by atoms with Crippen LogP contribution in [0.4, 0.5) is 5.13 Å². The van der Waals surface area contributed by atoms with Gasteiger partial charge in [0.05, 0.1) is 18.5 Å². The molecule has 0 saturated carbocycles. The number of hydrogen-bond donors (Lipinski definition) is 1. The summed E-state index contributed by atoms with van der Waals surface area (Å²) >= 11 is 1.10. The van der Waals surface area contributed by atoms with Crippen LogP contribution in [0.1, 0.15) is 21.6 Å². The van der Waals surface area contributed by atoms with Crippen molar-refractivity contribution in [3.8, 4) is 23.0 Å². The van der Waals surface area contributed by atoms with Gasteiger partial charge in [0.15, 0.2) is 11.5 Å². The number of carbonyl (C=O) groups is 1. The predicted molar refractivity (Wildman–Crippen MR) is 111 cm³/mol. The van der Waals surface area contributed by atoms with Gasteiger partial charge < -0.3 is 4.74 Å². The molecule has 2 aromatic heterocycles. The molecule has 0 aliphatic rings. The summed E-state index contributed by atoms with van der Waals surface area (Å²) in [6, 6.07) is 14.8. The van der Waals surface area contributed by atoms with E-state index >= 15 is 0 Å². The molecule has 0 aliphatic heterocycles. The van der Waals surface area contributed by atoms with Crippen molar-refractivity contribution in [3.05, 3.63) is 65.4 Å². The maximum Gasteiger partial charge on any atom is 0.257 e. The van der Waals surface area contributed by atoms with Gasteiger partial charge in [-0.2, -0.15) is 9.36 Å². The Morgan fingerprint density at radius 2 is 1.93 bits per heavy atom. The zero-order valence-corrected chi connectivity index (χ0v) is 16.9. The van der Waals surface area contributed by atoms with Crippen molar-refractivity contribution in [2.45, 2.75) is 13.8 Å². The first-order valence-corrected chi connectivity index (χ1v) is 9.61. The van der Waals surface area contributed by atoms with E-state index in [0.717, 1.165) is 28.5 Å². The van der Waals surface area contributed by atoms with Crippen LogP contribution in [0.2, 0.25) is 0 Å². The van der Waals surface area contributed by atoms with Crippen molar-refractivity contribution in [2.24, 2.45) is 0 Å². The van der Waals surface area contributed by atoms with Crippen molar-refractivity contribution < 1.29 is 9.53 Å². The Kier molecular flexibility index (Phi) is 5.05. The number of nitrogens with zero attached hydrogens (tertiary/aromatic N) is 5. The third kappa shape index (κ3) is 3.85. The molecule has 0 atom stereocenters. The van der Waals surface area contributed by atoms with E-state index in [2.05, 4.69) is 25.0 Å². The molecule has 0 saturated heterocycles. The topological polar surface area (TPSA) is 94.8 Å². The standard InChI is InChI=1S/C20H18N6O2S/c1-12-5-4-6-15(11-12)26-13(2)17(23-25-26)18-21-20(29-24-18)22-19(27)14-7-9-16(28-3)10-8-14/h4-11H,1-3H3,(H,21,22,24,27). The Morgan fingerprint density at radius 1 is 1.14 bits per heavy atom. The van der Waals surface area contributed by atoms with Crippen LogP contribution in [-0.4, -0.2) is 37.4 Å². The zero-order chi connectivity index (χ0) is 20.4. The van der Waals surface area contributed by atoms with Crippen LogP contribution in [-0.2, 0) is 0 Å². The fourth-order valence-corrected chi connectivity index (χ4v) is 3.39. The highest BCUT2D eigenvalue weighted by molar-refractivity contribution is 7.10. The van der Waals surface area contributed by atoms with Crippen molar-refractivity contribution in [2.75, 3.05) is 12.4 Å². The van der Waals surface area contributed by atoms with Crippen molar-refractivity contribution >= 4 is 22.6 Å². The fourth-order valence-electron chi connectivity index (χ4n) is 2.82. The van der Waals surface area contributed by atoms with Gasteiger partial charge in [-0.25, -0.2) is 4.68 Å². The minimum atomic E-state index is -0.268. The normalized spacial score (nSPS) is 10.7. The Bertz CT molecular complexity index is 1170. The van der Waals surface area contributed by atoms with Gasteiger partial charge in [-0.1, -0.05) is 17.3 Å². The van der Waals surface area contributed by atoms with E-state index in [1.165, 1.54) is 0 Å². The monoisotopic (exact) mass is 406 g/mol. The van der Waals surface area contributed by atoms with Gasteiger partial charge in [0.25, 0.3) is 5.91 Å². The van der Waals surface area contributed by atoms with Crippen LogP contribution in [0.15, 0.2) is 48.5 Å². The molecule has 0 radical (unpaired) electrons. The number of ether oxygens (including phenoxy) is 1. The molecule has 2 aromatic carbocycles. The molecule has 1 amide bonds. The molecule has 0 fully saturated rings. The molecule has 0 aliphatic carbocycles. The molecule has 0 spiro atoms. The molecular formula is C20H18N6O2S. The second kappa shape index (κ2) is 7.80. The number of hydrogen-bond acceptors (Lipinski definition) is 7. The smallest absolute Gasteiger partial charge is 0.257 e. The van der Waals surface area contributed by atoms with E-state index in [1.54, 1.807) is 36.1 Å². The lowest BCUT2D eigenvalue weighted by Crippen LogP contribution is -2.11. The first kappa shape index (κ1) is 18.8. The summed E-state index contributed by atoms with van der Waals surface area (Å²) in [5.41, 5.74) is 3.96. The number of carbonyl (C=O) groups excluding carboxylic acids is 1. The van der Waals surface area contributed by atoms with Crippen LogP contribution in [0.3, 0.4) is 0 Å². The van der Waals surface area contributed by atoms with E-state index in [1.807, 2.05) is 38.1 Å². The van der Waals surface area contributed by atoms with Crippen LogP contribution in [0.5, 0.6) is 5.75 Å². The van der Waals surface area contributed by atoms with Gasteiger partial charge in [-0.05, 0) is 55.8 Å². The van der Waals surface area contributed by atoms with Crippen molar-refractivity contribution in [3.63, 3.8) is 0 Å². The number of methoxy groups -OCH3 is 1. The number of nitrogens with one attached hydrogen (secondary N) is 1. The largest absolute Gasteiger partial charge is 0.497 e. The molecule has 9 heteroatoms. The molecular weight excluding hydrogens is 388 g/mol. The highest BCUT2D eigenvalue weighted by Gasteiger charge is 2.18. The summed E-state index contributed by atoms with van der Waals surface area (Å²) in [5, 5.41) is 11.6. The van der Waals surface area contributed by atoms with E-state index in [0.29, 0.717) is 28.0 Å². The molecule has 4 aromatic rings. The second-order valence-electron chi connectivity index (χ2n) is 6.38. The minimum Gasteiger partial charge on any atom is -0.497 e. The van der Waals surface area contributed by atoms with Gasteiger partial charge in [0.1, 0.15) is 5.75 Å². The number of rotatable bonds is 5.